The minimum atomic E-state index is -0.148. The third-order valence-corrected chi connectivity index (χ3v) is 5.33. The summed E-state index contributed by atoms with van der Waals surface area (Å²) >= 11 is 0. The summed E-state index contributed by atoms with van der Waals surface area (Å²) < 4.78 is 1.43. The van der Waals surface area contributed by atoms with Crippen molar-refractivity contribution >= 4 is 5.91 Å². The van der Waals surface area contributed by atoms with Crippen LogP contribution in [0.3, 0.4) is 0 Å². The lowest BCUT2D eigenvalue weighted by molar-refractivity contribution is -0.123. The van der Waals surface area contributed by atoms with Gasteiger partial charge in [0.1, 0.15) is 6.54 Å². The molecule has 1 aromatic carbocycles. The summed E-state index contributed by atoms with van der Waals surface area (Å²) in [5.74, 6) is -0.0977. The van der Waals surface area contributed by atoms with Crippen LogP contribution in [0.5, 0.6) is 0 Å². The molecule has 4 rings (SSSR count). The van der Waals surface area contributed by atoms with Gasteiger partial charge in [-0.25, -0.2) is 0 Å². The first-order chi connectivity index (χ1) is 12.2. The Kier molecular flexibility index (Phi) is 4.40. The van der Waals surface area contributed by atoms with Crippen molar-refractivity contribution in [3.8, 4) is 0 Å². The fourth-order valence-electron chi connectivity index (χ4n) is 3.85. The third kappa shape index (κ3) is 3.51. The van der Waals surface area contributed by atoms with Crippen LogP contribution in [-0.4, -0.2) is 28.6 Å². The van der Waals surface area contributed by atoms with Crippen molar-refractivity contribution in [2.45, 2.75) is 50.4 Å². The van der Waals surface area contributed by atoms with E-state index >= 15 is 0 Å². The number of carbonyl (C=O) groups excluding carboxylic acids is 1. The number of carbonyl (C=O) groups is 1. The van der Waals surface area contributed by atoms with Gasteiger partial charge < -0.3 is 15.2 Å². The Labute approximate surface area is 147 Å². The standard InChI is InChI=1S/C20H23N3O2/c24-19(13-23-10-4-3-7-20(23)25)22-18-9-8-17(18)21-16-11-14-5-1-2-6-15(14)12-16/h1-7,10,16-18,21H,8-9,11-13H2,(H,22,24)/t17-,18+/m1/s1. The van der Waals surface area contributed by atoms with E-state index in [-0.39, 0.29) is 24.1 Å². The van der Waals surface area contributed by atoms with Crippen molar-refractivity contribution < 1.29 is 4.79 Å². The van der Waals surface area contributed by atoms with Crippen molar-refractivity contribution in [3.05, 3.63) is 70.1 Å². The van der Waals surface area contributed by atoms with Gasteiger partial charge >= 0.3 is 0 Å². The molecule has 0 aliphatic heterocycles. The van der Waals surface area contributed by atoms with Crippen LogP contribution in [0.4, 0.5) is 0 Å². The van der Waals surface area contributed by atoms with E-state index in [1.165, 1.54) is 21.8 Å². The van der Waals surface area contributed by atoms with Gasteiger partial charge in [-0.05, 0) is 42.9 Å². The van der Waals surface area contributed by atoms with E-state index in [9.17, 15) is 9.59 Å². The van der Waals surface area contributed by atoms with E-state index < -0.39 is 0 Å². The van der Waals surface area contributed by atoms with Gasteiger partial charge in [0.2, 0.25) is 5.91 Å². The molecular formula is C20H23N3O2. The lowest BCUT2D eigenvalue weighted by Gasteiger charge is -2.39. The SMILES string of the molecule is O=C(Cn1ccccc1=O)N[C@H]1CC[C@H]1NC1Cc2ccccc2C1. The molecule has 0 spiro atoms. The lowest BCUT2D eigenvalue weighted by Crippen LogP contribution is -2.59. The Morgan fingerprint density at radius 3 is 2.32 bits per heavy atom. The number of pyridine rings is 1. The second-order valence-corrected chi connectivity index (χ2v) is 7.07. The molecule has 1 amide bonds. The van der Waals surface area contributed by atoms with Crippen LogP contribution in [0.15, 0.2) is 53.5 Å². The first-order valence-corrected chi connectivity index (χ1v) is 8.97. The van der Waals surface area contributed by atoms with Crippen molar-refractivity contribution in [2.24, 2.45) is 0 Å². The zero-order valence-electron chi connectivity index (χ0n) is 14.2. The van der Waals surface area contributed by atoms with Gasteiger partial charge in [-0.1, -0.05) is 30.3 Å². The van der Waals surface area contributed by atoms with Crippen LogP contribution in [0, 0.1) is 0 Å². The molecule has 2 aliphatic rings. The number of fused-ring (bicyclic) bond motifs is 1. The maximum Gasteiger partial charge on any atom is 0.250 e. The Balaban J connectivity index is 1.29. The van der Waals surface area contributed by atoms with E-state index in [1.807, 2.05) is 0 Å². The van der Waals surface area contributed by atoms with Crippen LogP contribution >= 0.6 is 0 Å². The maximum atomic E-state index is 12.2. The van der Waals surface area contributed by atoms with Crippen molar-refractivity contribution in [3.63, 3.8) is 0 Å². The van der Waals surface area contributed by atoms with Crippen LogP contribution in [0.1, 0.15) is 24.0 Å². The fourth-order valence-corrected chi connectivity index (χ4v) is 3.85. The molecule has 2 N–H and O–H groups in total. The van der Waals surface area contributed by atoms with E-state index in [4.69, 9.17) is 0 Å². The molecule has 1 fully saturated rings. The summed E-state index contributed by atoms with van der Waals surface area (Å²) in [6.07, 6.45) is 5.85. The smallest absolute Gasteiger partial charge is 0.250 e. The van der Waals surface area contributed by atoms with Crippen LogP contribution in [0.25, 0.3) is 0 Å². The minimum absolute atomic E-state index is 0.0811. The van der Waals surface area contributed by atoms with Crippen LogP contribution < -0.4 is 16.2 Å². The lowest BCUT2D eigenvalue weighted by atomic mass is 9.85. The Bertz CT molecular complexity index is 804. The molecule has 0 saturated heterocycles. The zero-order valence-corrected chi connectivity index (χ0v) is 14.2. The summed E-state index contributed by atoms with van der Waals surface area (Å²) in [5.41, 5.74) is 2.72. The highest BCUT2D eigenvalue weighted by Gasteiger charge is 2.34. The molecule has 5 heteroatoms. The molecule has 1 aromatic heterocycles. The van der Waals surface area contributed by atoms with Gasteiger partial charge in [0, 0.05) is 30.4 Å². The summed E-state index contributed by atoms with van der Waals surface area (Å²) in [7, 11) is 0. The summed E-state index contributed by atoms with van der Waals surface area (Å²) in [6.45, 7) is 0.0811. The van der Waals surface area contributed by atoms with E-state index in [1.54, 1.807) is 18.3 Å². The Morgan fingerprint density at radius 1 is 1.00 bits per heavy atom. The molecule has 2 atom stereocenters. The average Bonchev–Trinajstić information content (AvgIpc) is 3.01. The first kappa shape index (κ1) is 16.1. The number of rotatable bonds is 5. The largest absolute Gasteiger partial charge is 0.350 e. The van der Waals surface area contributed by atoms with E-state index in [0.717, 1.165) is 25.7 Å². The van der Waals surface area contributed by atoms with E-state index in [2.05, 4.69) is 34.9 Å². The monoisotopic (exact) mass is 337 g/mol. The molecule has 2 aliphatic carbocycles. The van der Waals surface area contributed by atoms with Crippen molar-refractivity contribution in [1.29, 1.82) is 0 Å². The number of aromatic nitrogens is 1. The first-order valence-electron chi connectivity index (χ1n) is 8.97. The number of benzene rings is 1. The predicted octanol–water partition coefficient (Wildman–Crippen LogP) is 1.25. The average molecular weight is 337 g/mol. The molecule has 0 bridgehead atoms. The fraction of sp³-hybridized carbons (Fsp3) is 0.400. The van der Waals surface area contributed by atoms with Crippen molar-refractivity contribution in [2.75, 3.05) is 0 Å². The van der Waals surface area contributed by atoms with Gasteiger partial charge in [0.15, 0.2) is 0 Å². The van der Waals surface area contributed by atoms with Gasteiger partial charge in [0.25, 0.3) is 5.56 Å². The third-order valence-electron chi connectivity index (χ3n) is 5.33. The Morgan fingerprint density at radius 2 is 1.68 bits per heavy atom. The highest BCUT2D eigenvalue weighted by atomic mass is 16.2. The summed E-state index contributed by atoms with van der Waals surface area (Å²) in [4.78, 5) is 23.9. The summed E-state index contributed by atoms with van der Waals surface area (Å²) in [5, 5.41) is 6.79. The molecule has 1 heterocycles. The second-order valence-electron chi connectivity index (χ2n) is 7.07. The van der Waals surface area contributed by atoms with Gasteiger partial charge in [-0.3, -0.25) is 9.59 Å². The van der Waals surface area contributed by atoms with Crippen LogP contribution in [0.2, 0.25) is 0 Å². The highest BCUT2D eigenvalue weighted by molar-refractivity contribution is 5.76. The van der Waals surface area contributed by atoms with Gasteiger partial charge in [-0.15, -0.1) is 0 Å². The highest BCUT2D eigenvalue weighted by Crippen LogP contribution is 2.26. The number of nitrogens with one attached hydrogen (secondary N) is 2. The normalized spacial score (nSPS) is 22.2. The van der Waals surface area contributed by atoms with E-state index in [0.29, 0.717) is 12.1 Å². The van der Waals surface area contributed by atoms with Gasteiger partial charge in [0.05, 0.1) is 0 Å². The Hall–Kier alpha value is -2.40. The quantitative estimate of drug-likeness (QED) is 0.863. The van der Waals surface area contributed by atoms with Crippen molar-refractivity contribution in [1.82, 2.24) is 15.2 Å². The molecular weight excluding hydrogens is 314 g/mol. The molecule has 0 radical (unpaired) electrons. The number of hydrogen-bond donors (Lipinski definition) is 2. The molecule has 0 unspecified atom stereocenters. The molecule has 5 nitrogen and oxygen atoms in total. The number of nitrogens with zero attached hydrogens (tertiary/aromatic N) is 1. The maximum absolute atomic E-state index is 12.2. The topological polar surface area (TPSA) is 63.1 Å². The molecule has 25 heavy (non-hydrogen) atoms. The molecule has 2 aromatic rings. The predicted molar refractivity (Wildman–Crippen MR) is 96.4 cm³/mol. The second kappa shape index (κ2) is 6.84. The minimum Gasteiger partial charge on any atom is -0.350 e. The summed E-state index contributed by atoms with van der Waals surface area (Å²) in [6, 6.07) is 14.5. The molecule has 1 saturated carbocycles. The zero-order chi connectivity index (χ0) is 17.2. The number of hydrogen-bond acceptors (Lipinski definition) is 3. The number of amides is 1. The van der Waals surface area contributed by atoms with Gasteiger partial charge in [-0.2, -0.15) is 0 Å². The molecule has 130 valence electrons. The van der Waals surface area contributed by atoms with Crippen LogP contribution in [-0.2, 0) is 24.2 Å².